The van der Waals surface area contributed by atoms with Crippen LogP contribution in [0.4, 0.5) is 0 Å². The number of likely N-dealkylation sites (tertiary alicyclic amines) is 1. The fourth-order valence-corrected chi connectivity index (χ4v) is 5.24. The van der Waals surface area contributed by atoms with E-state index in [2.05, 4.69) is 25.2 Å². The standard InChI is InChI=1S/C22H39N5O2S/c1-19(2)26-30(28,29)18-21-12-7-6-11-20(21)17-25-22(23-3)24-13-10-16-27-14-8-4-5-9-15-27/h6-7,11-12,19,26H,4-5,8-10,13-18H2,1-3H3,(H2,23,24,25). The van der Waals surface area contributed by atoms with Gasteiger partial charge in [0, 0.05) is 26.2 Å². The van der Waals surface area contributed by atoms with Crippen LogP contribution in [0.15, 0.2) is 29.3 Å². The lowest BCUT2D eigenvalue weighted by Gasteiger charge is -2.20. The molecule has 3 N–H and O–H groups in total. The molecule has 0 atom stereocenters. The first-order valence-corrected chi connectivity index (χ1v) is 12.8. The summed E-state index contributed by atoms with van der Waals surface area (Å²) in [5.74, 6) is 0.717. The topological polar surface area (TPSA) is 85.8 Å². The van der Waals surface area contributed by atoms with Crippen molar-refractivity contribution in [2.24, 2.45) is 4.99 Å². The fourth-order valence-electron chi connectivity index (χ4n) is 3.75. The van der Waals surface area contributed by atoms with Crippen molar-refractivity contribution in [2.75, 3.05) is 33.2 Å². The van der Waals surface area contributed by atoms with Crippen molar-refractivity contribution in [3.8, 4) is 0 Å². The van der Waals surface area contributed by atoms with Crippen LogP contribution >= 0.6 is 0 Å². The maximum Gasteiger partial charge on any atom is 0.216 e. The summed E-state index contributed by atoms with van der Waals surface area (Å²) in [4.78, 5) is 6.86. The van der Waals surface area contributed by atoms with Crippen LogP contribution in [0.3, 0.4) is 0 Å². The molecule has 1 heterocycles. The van der Waals surface area contributed by atoms with Crippen molar-refractivity contribution >= 4 is 16.0 Å². The molecule has 0 spiro atoms. The van der Waals surface area contributed by atoms with Gasteiger partial charge in [-0.05, 0) is 63.9 Å². The number of nitrogens with zero attached hydrogens (tertiary/aromatic N) is 2. The molecule has 1 saturated heterocycles. The lowest BCUT2D eigenvalue weighted by molar-refractivity contribution is 0.282. The zero-order valence-electron chi connectivity index (χ0n) is 18.8. The van der Waals surface area contributed by atoms with Gasteiger partial charge in [0.05, 0.1) is 5.75 Å². The second-order valence-corrected chi connectivity index (χ2v) is 10.0. The van der Waals surface area contributed by atoms with Crippen LogP contribution in [0, 0.1) is 0 Å². The minimum absolute atomic E-state index is 0.0229. The first kappa shape index (κ1) is 24.6. The van der Waals surface area contributed by atoms with E-state index < -0.39 is 10.0 Å². The number of benzene rings is 1. The number of hydrogen-bond donors (Lipinski definition) is 3. The summed E-state index contributed by atoms with van der Waals surface area (Å²) in [5.41, 5.74) is 1.76. The molecular weight excluding hydrogens is 398 g/mol. The van der Waals surface area contributed by atoms with Crippen molar-refractivity contribution in [3.05, 3.63) is 35.4 Å². The minimum atomic E-state index is -3.36. The molecule has 8 heteroatoms. The maximum atomic E-state index is 12.3. The monoisotopic (exact) mass is 437 g/mol. The Morgan fingerprint density at radius 1 is 1.07 bits per heavy atom. The van der Waals surface area contributed by atoms with Gasteiger partial charge in [-0.3, -0.25) is 4.99 Å². The van der Waals surface area contributed by atoms with Gasteiger partial charge in [0.15, 0.2) is 5.96 Å². The molecule has 1 aromatic rings. The van der Waals surface area contributed by atoms with E-state index in [1.165, 1.54) is 38.8 Å². The highest BCUT2D eigenvalue weighted by molar-refractivity contribution is 7.88. The molecule has 1 aromatic carbocycles. The predicted molar refractivity (Wildman–Crippen MR) is 125 cm³/mol. The number of hydrogen-bond acceptors (Lipinski definition) is 4. The Bertz CT molecular complexity index is 757. The van der Waals surface area contributed by atoms with E-state index in [1.807, 2.05) is 38.1 Å². The van der Waals surface area contributed by atoms with E-state index in [-0.39, 0.29) is 11.8 Å². The van der Waals surface area contributed by atoms with E-state index in [0.29, 0.717) is 6.54 Å². The molecule has 0 radical (unpaired) electrons. The fraction of sp³-hybridized carbons (Fsp3) is 0.682. The third-order valence-corrected chi connectivity index (χ3v) is 6.71. The normalized spacial score (nSPS) is 16.5. The molecule has 0 saturated carbocycles. The van der Waals surface area contributed by atoms with Gasteiger partial charge in [-0.2, -0.15) is 0 Å². The number of sulfonamides is 1. The van der Waals surface area contributed by atoms with Crippen LogP contribution in [0.25, 0.3) is 0 Å². The molecule has 2 rings (SSSR count). The van der Waals surface area contributed by atoms with Gasteiger partial charge >= 0.3 is 0 Å². The smallest absolute Gasteiger partial charge is 0.216 e. The Morgan fingerprint density at radius 3 is 2.37 bits per heavy atom. The quantitative estimate of drug-likeness (QED) is 0.297. The number of aliphatic imine (C=N–C) groups is 1. The molecule has 0 bridgehead atoms. The maximum absolute atomic E-state index is 12.3. The van der Waals surface area contributed by atoms with Crippen LogP contribution in [0.2, 0.25) is 0 Å². The van der Waals surface area contributed by atoms with Gasteiger partial charge < -0.3 is 15.5 Å². The molecule has 0 aromatic heterocycles. The largest absolute Gasteiger partial charge is 0.356 e. The highest BCUT2D eigenvalue weighted by Crippen LogP contribution is 2.13. The van der Waals surface area contributed by atoms with Crippen molar-refractivity contribution in [1.29, 1.82) is 0 Å². The van der Waals surface area contributed by atoms with Gasteiger partial charge in [0.2, 0.25) is 10.0 Å². The van der Waals surface area contributed by atoms with Crippen molar-refractivity contribution in [3.63, 3.8) is 0 Å². The van der Waals surface area contributed by atoms with E-state index in [9.17, 15) is 8.42 Å². The summed E-state index contributed by atoms with van der Waals surface area (Å²) in [6.07, 6.45) is 6.44. The van der Waals surface area contributed by atoms with Crippen LogP contribution in [0.1, 0.15) is 57.1 Å². The summed E-state index contributed by atoms with van der Waals surface area (Å²) >= 11 is 0. The SMILES string of the molecule is CN=C(NCCCN1CCCCCC1)NCc1ccccc1CS(=O)(=O)NC(C)C. The van der Waals surface area contributed by atoms with Crippen LogP contribution in [0.5, 0.6) is 0 Å². The first-order valence-electron chi connectivity index (χ1n) is 11.1. The second-order valence-electron chi connectivity index (χ2n) is 8.26. The highest BCUT2D eigenvalue weighted by atomic mass is 32.2. The molecule has 1 aliphatic rings. The minimum Gasteiger partial charge on any atom is -0.356 e. The molecule has 0 unspecified atom stereocenters. The van der Waals surface area contributed by atoms with Gasteiger partial charge in [-0.1, -0.05) is 37.1 Å². The van der Waals surface area contributed by atoms with Crippen LogP contribution in [-0.4, -0.2) is 58.5 Å². The summed E-state index contributed by atoms with van der Waals surface area (Å²) in [6, 6.07) is 7.52. The Morgan fingerprint density at radius 2 is 1.73 bits per heavy atom. The Kier molecular flexibility index (Phi) is 10.6. The van der Waals surface area contributed by atoms with Gasteiger partial charge in [0.25, 0.3) is 0 Å². The van der Waals surface area contributed by atoms with Crippen molar-refractivity contribution in [2.45, 2.75) is 64.3 Å². The molecule has 1 fully saturated rings. The summed E-state index contributed by atoms with van der Waals surface area (Å²) in [7, 11) is -1.60. The van der Waals surface area contributed by atoms with E-state index in [4.69, 9.17) is 0 Å². The molecule has 0 aliphatic carbocycles. The zero-order valence-corrected chi connectivity index (χ0v) is 19.6. The molecule has 7 nitrogen and oxygen atoms in total. The Labute approximate surface area is 182 Å². The average molecular weight is 438 g/mol. The molecular formula is C22H39N5O2S. The predicted octanol–water partition coefficient (Wildman–Crippen LogP) is 2.45. The molecule has 1 aliphatic heterocycles. The van der Waals surface area contributed by atoms with Crippen LogP contribution < -0.4 is 15.4 Å². The summed E-state index contributed by atoms with van der Waals surface area (Å²) < 4.78 is 27.3. The molecule has 0 amide bonds. The Balaban J connectivity index is 1.80. The number of nitrogens with one attached hydrogen (secondary N) is 3. The average Bonchev–Trinajstić information content (AvgIpc) is 2.96. The number of guanidine groups is 1. The first-order chi connectivity index (χ1) is 14.4. The van der Waals surface area contributed by atoms with Gasteiger partial charge in [0.1, 0.15) is 0 Å². The van der Waals surface area contributed by atoms with Crippen molar-refractivity contribution in [1.82, 2.24) is 20.3 Å². The lowest BCUT2D eigenvalue weighted by Crippen LogP contribution is -2.38. The zero-order chi connectivity index (χ0) is 21.8. The van der Waals surface area contributed by atoms with Crippen LogP contribution in [-0.2, 0) is 22.3 Å². The van der Waals surface area contributed by atoms with Gasteiger partial charge in [-0.15, -0.1) is 0 Å². The number of rotatable bonds is 10. The van der Waals surface area contributed by atoms with E-state index in [1.54, 1.807) is 7.05 Å². The lowest BCUT2D eigenvalue weighted by atomic mass is 10.1. The van der Waals surface area contributed by atoms with E-state index >= 15 is 0 Å². The molecule has 170 valence electrons. The Hall–Kier alpha value is -1.64. The summed E-state index contributed by atoms with van der Waals surface area (Å²) in [6.45, 7) is 8.61. The third kappa shape index (κ3) is 9.45. The molecule has 30 heavy (non-hydrogen) atoms. The third-order valence-electron chi connectivity index (χ3n) is 5.19. The highest BCUT2D eigenvalue weighted by Gasteiger charge is 2.15. The second kappa shape index (κ2) is 12.9. The summed E-state index contributed by atoms with van der Waals surface area (Å²) in [5, 5.41) is 6.68. The van der Waals surface area contributed by atoms with E-state index in [0.717, 1.165) is 36.6 Å². The van der Waals surface area contributed by atoms with Crippen molar-refractivity contribution < 1.29 is 8.42 Å². The van der Waals surface area contributed by atoms with Gasteiger partial charge in [-0.25, -0.2) is 13.1 Å².